The summed E-state index contributed by atoms with van der Waals surface area (Å²) in [7, 11) is 1.52. The number of ether oxygens (including phenoxy) is 1. The topological polar surface area (TPSA) is 99.3 Å². The average Bonchev–Trinajstić information content (AvgIpc) is 3.29. The van der Waals surface area contributed by atoms with Gasteiger partial charge in [0.1, 0.15) is 0 Å². The molecule has 168 valence electrons. The highest BCUT2D eigenvalue weighted by Crippen LogP contribution is 2.57. The number of nitrogens with zero attached hydrogens (tertiary/aromatic N) is 3. The van der Waals surface area contributed by atoms with Crippen molar-refractivity contribution in [2.75, 3.05) is 7.05 Å². The third kappa shape index (κ3) is 2.32. The van der Waals surface area contributed by atoms with Crippen molar-refractivity contribution >= 4 is 28.2 Å². The minimum absolute atomic E-state index is 0.121. The number of carbonyl (C=O) groups excluding carboxylic acids is 1. The molecule has 1 aliphatic carbocycles. The van der Waals surface area contributed by atoms with E-state index in [-0.39, 0.29) is 23.2 Å². The van der Waals surface area contributed by atoms with Gasteiger partial charge in [0.05, 0.1) is 26.9 Å². The lowest BCUT2D eigenvalue weighted by Gasteiger charge is -2.31. The van der Waals surface area contributed by atoms with E-state index in [2.05, 4.69) is 10.4 Å². The molecule has 0 amide bonds. The zero-order valence-electron chi connectivity index (χ0n) is 18.1. The zero-order valence-corrected chi connectivity index (χ0v) is 18.9. The Morgan fingerprint density at radius 2 is 1.85 bits per heavy atom. The molecule has 1 N–H and O–H groups in total. The highest BCUT2D eigenvalue weighted by molar-refractivity contribution is 6.32. The van der Waals surface area contributed by atoms with Gasteiger partial charge in [0.25, 0.3) is 5.88 Å². The van der Waals surface area contributed by atoms with Gasteiger partial charge in [-0.05, 0) is 35.4 Å². The number of fused-ring (bicyclic) bond motifs is 3. The molecule has 2 heterocycles. The minimum atomic E-state index is -1.73. The summed E-state index contributed by atoms with van der Waals surface area (Å²) in [5.74, 6) is -0.298. The predicted octanol–water partition coefficient (Wildman–Crippen LogP) is 4.53. The van der Waals surface area contributed by atoms with Gasteiger partial charge in [-0.3, -0.25) is 14.9 Å². The molecule has 0 radical (unpaired) electrons. The van der Waals surface area contributed by atoms with Crippen molar-refractivity contribution in [3.8, 4) is 11.6 Å². The van der Waals surface area contributed by atoms with Crippen molar-refractivity contribution in [2.24, 2.45) is 0 Å². The van der Waals surface area contributed by atoms with E-state index in [1.54, 1.807) is 55.5 Å². The van der Waals surface area contributed by atoms with Crippen LogP contribution in [0.5, 0.6) is 5.88 Å². The molecule has 4 aromatic rings. The van der Waals surface area contributed by atoms with Gasteiger partial charge in [0.15, 0.2) is 11.2 Å². The molecule has 1 aliphatic heterocycles. The number of nitro groups is 1. The normalized spacial score (nSPS) is 18.4. The lowest BCUT2D eigenvalue weighted by atomic mass is 9.70. The summed E-state index contributed by atoms with van der Waals surface area (Å²) in [5.41, 5.74) is 0.177. The van der Waals surface area contributed by atoms with Crippen LogP contribution < -0.4 is 10.1 Å². The average molecular weight is 473 g/mol. The first-order valence-electron chi connectivity index (χ1n) is 10.6. The third-order valence-electron chi connectivity index (χ3n) is 6.55. The Balaban J connectivity index is 1.80. The van der Waals surface area contributed by atoms with E-state index in [1.165, 1.54) is 11.7 Å². The fraction of sp³-hybridized carbons (Fsp3) is 0.120. The summed E-state index contributed by atoms with van der Waals surface area (Å²) < 4.78 is 7.56. The van der Waals surface area contributed by atoms with Crippen molar-refractivity contribution in [3.05, 3.63) is 110 Å². The molecule has 1 atom stereocenters. The number of hydrogen-bond donors (Lipinski definition) is 1. The maximum atomic E-state index is 14.3. The molecule has 1 spiro atoms. The van der Waals surface area contributed by atoms with Crippen LogP contribution in [0.15, 0.2) is 72.2 Å². The summed E-state index contributed by atoms with van der Waals surface area (Å²) in [6.45, 7) is 1.72. The largest absolute Gasteiger partial charge is 0.416 e. The Bertz CT molecular complexity index is 1600. The maximum absolute atomic E-state index is 14.3. The number of ketones is 1. The van der Waals surface area contributed by atoms with Crippen LogP contribution in [0.2, 0.25) is 5.02 Å². The lowest BCUT2D eigenvalue weighted by Crippen LogP contribution is -2.45. The van der Waals surface area contributed by atoms with Crippen LogP contribution >= 0.6 is 11.6 Å². The van der Waals surface area contributed by atoms with Crippen molar-refractivity contribution < 1.29 is 14.5 Å². The van der Waals surface area contributed by atoms with E-state index < -0.39 is 10.3 Å². The van der Waals surface area contributed by atoms with E-state index in [9.17, 15) is 14.9 Å². The monoisotopic (exact) mass is 472 g/mol. The summed E-state index contributed by atoms with van der Waals surface area (Å²) in [4.78, 5) is 26.3. The van der Waals surface area contributed by atoms with Gasteiger partial charge in [-0.1, -0.05) is 60.1 Å². The van der Waals surface area contributed by atoms with Gasteiger partial charge >= 0.3 is 5.70 Å². The molecule has 0 fully saturated rings. The van der Waals surface area contributed by atoms with Gasteiger partial charge < -0.3 is 10.1 Å². The van der Waals surface area contributed by atoms with E-state index in [0.29, 0.717) is 38.5 Å². The molecule has 6 rings (SSSR count). The van der Waals surface area contributed by atoms with E-state index in [0.717, 1.165) is 5.39 Å². The van der Waals surface area contributed by atoms with Gasteiger partial charge in [-0.15, -0.1) is 0 Å². The molecule has 0 saturated carbocycles. The molecule has 0 saturated heterocycles. The summed E-state index contributed by atoms with van der Waals surface area (Å²) in [6, 6.07) is 17.9. The highest BCUT2D eigenvalue weighted by Gasteiger charge is 2.64. The molecule has 3 aromatic carbocycles. The Kier molecular flexibility index (Phi) is 4.16. The number of para-hydroxylation sites is 1. The predicted molar refractivity (Wildman–Crippen MR) is 126 cm³/mol. The molecule has 0 bridgehead atoms. The molecule has 8 nitrogen and oxygen atoms in total. The number of aryl methyl sites for hydroxylation is 1. The minimum Gasteiger partial charge on any atom is -0.416 e. The van der Waals surface area contributed by atoms with Crippen LogP contribution in [0, 0.1) is 17.0 Å². The number of allylic oxidation sites excluding steroid dienone is 1. The van der Waals surface area contributed by atoms with Crippen molar-refractivity contribution in [3.63, 3.8) is 0 Å². The number of aromatic nitrogens is 2. The number of carbonyl (C=O) groups is 1. The highest BCUT2D eigenvalue weighted by atomic mass is 35.5. The van der Waals surface area contributed by atoms with Crippen LogP contribution in [0.4, 0.5) is 0 Å². The first-order valence-corrected chi connectivity index (χ1v) is 11.0. The first kappa shape index (κ1) is 20.4. The fourth-order valence-electron chi connectivity index (χ4n) is 5.29. The quantitative estimate of drug-likeness (QED) is 0.347. The zero-order chi connectivity index (χ0) is 23.8. The van der Waals surface area contributed by atoms with Gasteiger partial charge in [-0.25, -0.2) is 0 Å². The summed E-state index contributed by atoms with van der Waals surface area (Å²) in [6.07, 6.45) is 0. The van der Waals surface area contributed by atoms with Crippen LogP contribution in [0.3, 0.4) is 0 Å². The number of rotatable bonds is 3. The third-order valence-corrected chi connectivity index (χ3v) is 6.87. The number of hydrogen-bond acceptors (Lipinski definition) is 6. The second-order valence-electron chi connectivity index (χ2n) is 8.20. The van der Waals surface area contributed by atoms with E-state index in [1.807, 2.05) is 12.1 Å². The molecular formula is C25H17ClN4O4. The van der Waals surface area contributed by atoms with E-state index >= 15 is 0 Å². The Hall–Kier alpha value is -4.17. The van der Waals surface area contributed by atoms with Crippen molar-refractivity contribution in [1.29, 1.82) is 0 Å². The number of nitrogens with one attached hydrogen (secondary N) is 1. The Labute approximate surface area is 198 Å². The molecule has 1 unspecified atom stereocenters. The maximum Gasteiger partial charge on any atom is 0.328 e. The van der Waals surface area contributed by atoms with Crippen LogP contribution in [-0.4, -0.2) is 27.5 Å². The summed E-state index contributed by atoms with van der Waals surface area (Å²) in [5, 5.41) is 22.0. The van der Waals surface area contributed by atoms with Gasteiger partial charge in [0, 0.05) is 12.6 Å². The Morgan fingerprint density at radius 3 is 2.56 bits per heavy atom. The van der Waals surface area contributed by atoms with Crippen LogP contribution in [0.1, 0.15) is 27.2 Å². The molecule has 1 aromatic heterocycles. The van der Waals surface area contributed by atoms with E-state index in [4.69, 9.17) is 16.3 Å². The van der Waals surface area contributed by atoms with Gasteiger partial charge in [0.2, 0.25) is 5.88 Å². The molecule has 34 heavy (non-hydrogen) atoms. The first-order chi connectivity index (χ1) is 16.4. The number of Topliss-reactive ketones (excluding diaryl/α,β-unsaturated/α-hetero) is 1. The number of halogens is 1. The lowest BCUT2D eigenvalue weighted by molar-refractivity contribution is -0.436. The van der Waals surface area contributed by atoms with Crippen molar-refractivity contribution in [1.82, 2.24) is 15.1 Å². The number of benzene rings is 3. The molecule has 2 aliphatic rings. The second-order valence-corrected chi connectivity index (χ2v) is 8.61. The standard InChI is InChI=1S/C25H17ClN4O4/c1-13-20-24(29(28-13)18-12-4-3-11-17(18)26)34-23(27-2)21(30(32)33)25(20)16-10-6-8-14-7-5-9-15(19(14)16)22(25)31/h3-12,27H,1-2H3. The SMILES string of the molecule is CNC1=C([N+](=O)[O-])C2(C(=O)c3cccc4cccc2c34)c2c(C)nn(-c3ccccc3Cl)c2O1. The molecular weight excluding hydrogens is 456 g/mol. The summed E-state index contributed by atoms with van der Waals surface area (Å²) >= 11 is 6.46. The smallest absolute Gasteiger partial charge is 0.328 e. The van der Waals surface area contributed by atoms with Gasteiger partial charge in [-0.2, -0.15) is 9.78 Å². The van der Waals surface area contributed by atoms with Crippen LogP contribution in [-0.2, 0) is 5.41 Å². The second kappa shape index (κ2) is 6.91. The Morgan fingerprint density at radius 1 is 1.12 bits per heavy atom. The molecule has 9 heteroatoms. The van der Waals surface area contributed by atoms with Crippen LogP contribution in [0.25, 0.3) is 16.5 Å². The van der Waals surface area contributed by atoms with Crippen molar-refractivity contribution in [2.45, 2.75) is 12.3 Å². The fourth-order valence-corrected chi connectivity index (χ4v) is 5.51.